The van der Waals surface area contributed by atoms with Crippen LogP contribution in [-0.4, -0.2) is 23.6 Å². The predicted octanol–water partition coefficient (Wildman–Crippen LogP) is 2.70. The van der Waals surface area contributed by atoms with E-state index < -0.39 is 17.4 Å². The van der Waals surface area contributed by atoms with Gasteiger partial charge in [0.15, 0.2) is 11.9 Å². The van der Waals surface area contributed by atoms with Crippen molar-refractivity contribution in [3.05, 3.63) is 0 Å². The molecule has 0 heterocycles. The van der Waals surface area contributed by atoms with E-state index in [0.29, 0.717) is 19.1 Å². The Labute approximate surface area is 90.9 Å². The number of carbonyl (C=O) groups excluding carboxylic acids is 2. The number of hydrogen-bond acceptors (Lipinski definition) is 4. The van der Waals surface area contributed by atoms with Crippen molar-refractivity contribution in [3.8, 4) is 0 Å². The van der Waals surface area contributed by atoms with E-state index in [1.54, 1.807) is 34.6 Å². The van der Waals surface area contributed by atoms with E-state index in [9.17, 15) is 9.59 Å². The maximum Gasteiger partial charge on any atom is 0.509 e. The molecule has 0 aromatic carbocycles. The molecule has 0 saturated heterocycles. The molecule has 0 atom stereocenters. The van der Waals surface area contributed by atoms with Gasteiger partial charge in [0.05, 0.1) is 0 Å². The fraction of sp³-hybridized carbons (Fsp3) is 0.818. The third-order valence-electron chi connectivity index (χ3n) is 2.09. The molecule has 0 spiro atoms. The van der Waals surface area contributed by atoms with Crippen molar-refractivity contribution in [1.29, 1.82) is 0 Å². The molecule has 0 radical (unpaired) electrons. The zero-order valence-corrected chi connectivity index (χ0v) is 10.1. The number of hydrogen-bond donors (Lipinski definition) is 0. The first-order valence-electron chi connectivity index (χ1n) is 5.17. The normalized spacial score (nSPS) is 12.1. The van der Waals surface area contributed by atoms with Crippen LogP contribution in [0.4, 0.5) is 4.79 Å². The van der Waals surface area contributed by atoms with Gasteiger partial charge in [-0.2, -0.15) is 0 Å². The molecular formula is C11H20O4. The third kappa shape index (κ3) is 4.81. The topological polar surface area (TPSA) is 52.6 Å². The van der Waals surface area contributed by atoms with E-state index in [-0.39, 0.29) is 0 Å². The summed E-state index contributed by atoms with van der Waals surface area (Å²) in [7, 11) is 0. The maximum atomic E-state index is 11.3. The van der Waals surface area contributed by atoms with Gasteiger partial charge in [0.2, 0.25) is 0 Å². The molecule has 4 heteroatoms. The zero-order valence-electron chi connectivity index (χ0n) is 10.1. The highest BCUT2D eigenvalue weighted by atomic mass is 16.7. The van der Waals surface area contributed by atoms with Gasteiger partial charge in [-0.05, 0) is 33.6 Å². The molecule has 0 amide bonds. The molecule has 0 fully saturated rings. The molecule has 0 N–H and O–H groups in total. The van der Waals surface area contributed by atoms with Gasteiger partial charge in [-0.15, -0.1) is 0 Å². The molecule has 0 aliphatic rings. The number of carbonyl (C=O) groups is 2. The molecule has 0 aromatic rings. The Morgan fingerprint density at radius 1 is 1.13 bits per heavy atom. The summed E-state index contributed by atoms with van der Waals surface area (Å²) >= 11 is 0. The van der Waals surface area contributed by atoms with Crippen LogP contribution in [0.2, 0.25) is 0 Å². The number of aldehydes is 1. The van der Waals surface area contributed by atoms with Gasteiger partial charge >= 0.3 is 6.16 Å². The van der Waals surface area contributed by atoms with Crippen LogP contribution in [0.1, 0.15) is 47.5 Å². The average molecular weight is 216 g/mol. The van der Waals surface area contributed by atoms with Crippen LogP contribution in [-0.2, 0) is 14.3 Å². The Bertz CT molecular complexity index is 223. The first-order valence-corrected chi connectivity index (χ1v) is 5.17. The lowest BCUT2D eigenvalue weighted by Crippen LogP contribution is -2.38. The van der Waals surface area contributed by atoms with Crippen LogP contribution in [0.5, 0.6) is 0 Å². The molecule has 0 bridgehead atoms. The molecule has 0 aromatic heterocycles. The molecular weight excluding hydrogens is 196 g/mol. The largest absolute Gasteiger partial charge is 0.509 e. The molecule has 0 rings (SSSR count). The lowest BCUT2D eigenvalue weighted by atomic mass is 10.00. The van der Waals surface area contributed by atoms with Gasteiger partial charge in [0.25, 0.3) is 0 Å². The monoisotopic (exact) mass is 216 g/mol. The zero-order chi connectivity index (χ0) is 12.1. The Kier molecular flexibility index (Phi) is 4.78. The summed E-state index contributed by atoms with van der Waals surface area (Å²) in [5, 5.41) is 0. The summed E-state index contributed by atoms with van der Waals surface area (Å²) in [4.78, 5) is 22.2. The summed E-state index contributed by atoms with van der Waals surface area (Å²) in [6, 6.07) is 0. The highest BCUT2D eigenvalue weighted by molar-refractivity contribution is 5.69. The van der Waals surface area contributed by atoms with Crippen LogP contribution >= 0.6 is 0 Å². The third-order valence-corrected chi connectivity index (χ3v) is 2.09. The highest BCUT2D eigenvalue weighted by Crippen LogP contribution is 2.20. The average Bonchev–Trinajstić information content (AvgIpc) is 2.11. The van der Waals surface area contributed by atoms with Crippen molar-refractivity contribution in [1.82, 2.24) is 0 Å². The van der Waals surface area contributed by atoms with E-state index in [1.165, 1.54) is 0 Å². The minimum atomic E-state index is -1.04. The molecule has 0 aliphatic carbocycles. The second-order valence-corrected chi connectivity index (χ2v) is 4.46. The van der Waals surface area contributed by atoms with E-state index in [0.717, 1.165) is 0 Å². The molecule has 0 saturated carbocycles. The smallest absolute Gasteiger partial charge is 0.429 e. The van der Waals surface area contributed by atoms with Crippen LogP contribution in [0.3, 0.4) is 0 Å². The predicted molar refractivity (Wildman–Crippen MR) is 56.7 cm³/mol. The molecule has 0 aliphatic heterocycles. The van der Waals surface area contributed by atoms with Crippen molar-refractivity contribution >= 4 is 12.4 Å². The van der Waals surface area contributed by atoms with Crippen LogP contribution in [0, 0.1) is 0 Å². The van der Waals surface area contributed by atoms with Crippen molar-refractivity contribution < 1.29 is 19.1 Å². The summed E-state index contributed by atoms with van der Waals surface area (Å²) < 4.78 is 10.0. The van der Waals surface area contributed by atoms with Gasteiger partial charge in [-0.25, -0.2) is 4.79 Å². The molecule has 4 nitrogen and oxygen atoms in total. The van der Waals surface area contributed by atoms with Gasteiger partial charge in [-0.3, -0.25) is 4.79 Å². The maximum absolute atomic E-state index is 11.3. The van der Waals surface area contributed by atoms with Gasteiger partial charge < -0.3 is 9.47 Å². The van der Waals surface area contributed by atoms with Gasteiger partial charge in [0, 0.05) is 0 Å². The molecule has 15 heavy (non-hydrogen) atoms. The fourth-order valence-electron chi connectivity index (χ4n) is 1.02. The Morgan fingerprint density at radius 3 is 1.87 bits per heavy atom. The number of ether oxygens (including phenoxy) is 2. The Morgan fingerprint density at radius 2 is 1.60 bits per heavy atom. The van der Waals surface area contributed by atoms with Crippen molar-refractivity contribution in [3.63, 3.8) is 0 Å². The van der Waals surface area contributed by atoms with Gasteiger partial charge in [-0.1, -0.05) is 13.8 Å². The van der Waals surface area contributed by atoms with E-state index >= 15 is 0 Å². The second kappa shape index (κ2) is 5.14. The molecule has 88 valence electrons. The standard InChI is InChI=1S/C11H20O4/c1-6-11(7-2,8-12)15-9(13)14-10(3,4)5/h8H,6-7H2,1-5H3. The highest BCUT2D eigenvalue weighted by Gasteiger charge is 2.32. The summed E-state index contributed by atoms with van der Waals surface area (Å²) in [5.74, 6) is 0. The van der Waals surface area contributed by atoms with Crippen LogP contribution in [0.25, 0.3) is 0 Å². The first kappa shape index (κ1) is 13.9. The van der Waals surface area contributed by atoms with Crippen LogP contribution in [0.15, 0.2) is 0 Å². The minimum Gasteiger partial charge on any atom is -0.429 e. The summed E-state index contributed by atoms with van der Waals surface area (Å²) in [6.45, 7) is 8.82. The SMILES string of the molecule is CCC(C=O)(CC)OC(=O)OC(C)(C)C. The first-order chi connectivity index (χ1) is 6.78. The second-order valence-electron chi connectivity index (χ2n) is 4.46. The van der Waals surface area contributed by atoms with Crippen LogP contribution < -0.4 is 0 Å². The van der Waals surface area contributed by atoms with E-state index in [1.807, 2.05) is 0 Å². The number of rotatable bonds is 4. The van der Waals surface area contributed by atoms with Gasteiger partial charge in [0.1, 0.15) is 5.60 Å². The summed E-state index contributed by atoms with van der Waals surface area (Å²) in [5.41, 5.74) is -1.64. The van der Waals surface area contributed by atoms with E-state index in [2.05, 4.69) is 0 Å². The fourth-order valence-corrected chi connectivity index (χ4v) is 1.02. The lowest BCUT2D eigenvalue weighted by Gasteiger charge is -2.27. The minimum absolute atomic E-state index is 0.451. The van der Waals surface area contributed by atoms with Crippen molar-refractivity contribution in [2.24, 2.45) is 0 Å². The van der Waals surface area contributed by atoms with Crippen molar-refractivity contribution in [2.75, 3.05) is 0 Å². The van der Waals surface area contributed by atoms with Crippen molar-refractivity contribution in [2.45, 2.75) is 58.7 Å². The molecule has 0 unspecified atom stereocenters. The lowest BCUT2D eigenvalue weighted by molar-refractivity contribution is -0.130. The Hall–Kier alpha value is -1.06. The van der Waals surface area contributed by atoms with E-state index in [4.69, 9.17) is 9.47 Å². The summed E-state index contributed by atoms with van der Waals surface area (Å²) in [6.07, 6.45) is 0.772. The quantitative estimate of drug-likeness (QED) is 0.535. The Balaban J connectivity index is 4.43.